The number of nitro benzene ring substituents is 2. The molecule has 1 saturated heterocycles. The van der Waals surface area contributed by atoms with Crippen molar-refractivity contribution in [1.82, 2.24) is 20.7 Å². The Morgan fingerprint density at radius 1 is 0.735 bits per heavy atom. The third-order valence-corrected chi connectivity index (χ3v) is 5.51. The number of benzene rings is 2. The van der Waals surface area contributed by atoms with Crippen LogP contribution < -0.4 is 10.9 Å². The van der Waals surface area contributed by atoms with Gasteiger partial charge in [-0.2, -0.15) is 10.2 Å². The van der Waals surface area contributed by atoms with Gasteiger partial charge >= 0.3 is 0 Å². The summed E-state index contributed by atoms with van der Waals surface area (Å²) in [4.78, 5) is 24.4. The van der Waals surface area contributed by atoms with Gasteiger partial charge in [0.05, 0.1) is 22.3 Å². The first kappa shape index (κ1) is 24.6. The molecule has 0 saturated carbocycles. The molecule has 0 amide bonds. The van der Waals surface area contributed by atoms with Crippen molar-refractivity contribution in [1.29, 1.82) is 0 Å². The van der Waals surface area contributed by atoms with E-state index in [4.69, 9.17) is 24.4 Å². The maximum Gasteiger partial charge on any atom is 0.269 e. The summed E-state index contributed by atoms with van der Waals surface area (Å²) in [5.41, 5.74) is 7.06. The lowest BCUT2D eigenvalue weighted by molar-refractivity contribution is -0.385. The Balaban J connectivity index is 1.40. The molecule has 2 aromatic rings. The van der Waals surface area contributed by atoms with E-state index in [1.54, 1.807) is 24.3 Å². The van der Waals surface area contributed by atoms with Gasteiger partial charge in [-0.1, -0.05) is 0 Å². The Bertz CT molecular complexity index is 1020. The minimum Gasteiger partial charge on any atom is -0.344 e. The van der Waals surface area contributed by atoms with Crippen molar-refractivity contribution in [3.05, 3.63) is 79.9 Å². The number of piperazine rings is 1. The molecule has 0 aromatic heterocycles. The predicted octanol–water partition coefficient (Wildman–Crippen LogP) is 2.24. The minimum absolute atomic E-state index is 0.0166. The van der Waals surface area contributed by atoms with Crippen molar-refractivity contribution in [2.45, 2.75) is 0 Å². The molecule has 0 radical (unpaired) electrons. The van der Waals surface area contributed by atoms with E-state index >= 15 is 0 Å². The van der Waals surface area contributed by atoms with Crippen LogP contribution in [0.2, 0.25) is 0 Å². The first-order valence-electron chi connectivity index (χ1n) is 9.98. The minimum atomic E-state index is -0.458. The van der Waals surface area contributed by atoms with E-state index in [-0.39, 0.29) is 11.4 Å². The number of non-ortho nitro benzene ring substituents is 2. The molecule has 0 aliphatic carbocycles. The molecule has 176 valence electrons. The van der Waals surface area contributed by atoms with Crippen molar-refractivity contribution < 1.29 is 9.85 Å². The van der Waals surface area contributed by atoms with Gasteiger partial charge in [-0.3, -0.25) is 31.1 Å². The molecule has 1 aliphatic rings. The summed E-state index contributed by atoms with van der Waals surface area (Å²) in [6.07, 6.45) is 3.07. The van der Waals surface area contributed by atoms with Gasteiger partial charge in [0.15, 0.2) is 10.2 Å². The average molecular weight is 501 g/mol. The summed E-state index contributed by atoms with van der Waals surface area (Å²) in [6.45, 7) is 2.53. The standard InChI is InChI=1S/C20H20N8O4S2/c29-27(30)17-5-1-15(2-6-17)13-21-23-19(33)25-9-11-26(12-10-25)20(34)24-22-14-16-3-7-18(8-4-16)28(31)32/h1-8,13-14H,9-12H2,(H,23,33)(H,24,34)/b21-13+,22-14+. The molecule has 1 heterocycles. The maximum atomic E-state index is 10.7. The summed E-state index contributed by atoms with van der Waals surface area (Å²) in [5.74, 6) is 0. The molecule has 1 fully saturated rings. The maximum absolute atomic E-state index is 10.7. The first-order valence-corrected chi connectivity index (χ1v) is 10.8. The Hall–Kier alpha value is -4.04. The molecule has 0 unspecified atom stereocenters. The van der Waals surface area contributed by atoms with Gasteiger partial charge < -0.3 is 9.80 Å². The zero-order valence-electron chi connectivity index (χ0n) is 17.7. The second-order valence-corrected chi connectivity index (χ2v) is 7.80. The summed E-state index contributed by atoms with van der Waals surface area (Å²) >= 11 is 10.8. The van der Waals surface area contributed by atoms with Crippen LogP contribution in [0.4, 0.5) is 11.4 Å². The largest absolute Gasteiger partial charge is 0.344 e. The number of hydrogen-bond acceptors (Lipinski definition) is 8. The predicted molar refractivity (Wildman–Crippen MR) is 136 cm³/mol. The summed E-state index contributed by atoms with van der Waals surface area (Å²) in [6, 6.07) is 12.0. The van der Waals surface area contributed by atoms with Crippen molar-refractivity contribution in [3.63, 3.8) is 0 Å². The quantitative estimate of drug-likeness (QED) is 0.262. The monoisotopic (exact) mass is 500 g/mol. The Morgan fingerprint density at radius 2 is 1.06 bits per heavy atom. The van der Waals surface area contributed by atoms with Gasteiger partial charge in [-0.25, -0.2) is 0 Å². The fourth-order valence-corrected chi connectivity index (χ4v) is 3.41. The second-order valence-electron chi connectivity index (χ2n) is 7.02. The molecule has 0 spiro atoms. The number of thiocarbonyl (C=S) groups is 2. The summed E-state index contributed by atoms with van der Waals surface area (Å²) in [7, 11) is 0. The fraction of sp³-hybridized carbons (Fsp3) is 0.200. The third kappa shape index (κ3) is 6.98. The molecule has 34 heavy (non-hydrogen) atoms. The van der Waals surface area contributed by atoms with E-state index in [1.165, 1.54) is 36.7 Å². The number of rotatable bonds is 6. The van der Waals surface area contributed by atoms with Crippen molar-refractivity contribution in [3.8, 4) is 0 Å². The number of hydrazone groups is 2. The normalized spacial score (nSPS) is 13.8. The molecule has 2 N–H and O–H groups in total. The zero-order chi connectivity index (χ0) is 24.5. The highest BCUT2D eigenvalue weighted by Gasteiger charge is 2.20. The van der Waals surface area contributed by atoms with Gasteiger partial charge in [-0.05, 0) is 59.8 Å². The van der Waals surface area contributed by atoms with Crippen molar-refractivity contribution in [2.24, 2.45) is 10.2 Å². The number of nitro groups is 2. The van der Waals surface area contributed by atoms with Gasteiger partial charge in [-0.15, -0.1) is 0 Å². The smallest absolute Gasteiger partial charge is 0.269 e. The molecular weight excluding hydrogens is 480 g/mol. The van der Waals surface area contributed by atoms with Crippen LogP contribution in [0.25, 0.3) is 0 Å². The van der Waals surface area contributed by atoms with Crippen LogP contribution in [0.3, 0.4) is 0 Å². The fourth-order valence-electron chi connectivity index (χ4n) is 2.94. The van der Waals surface area contributed by atoms with Crippen LogP contribution in [-0.2, 0) is 0 Å². The molecule has 12 nitrogen and oxygen atoms in total. The molecule has 1 aliphatic heterocycles. The van der Waals surface area contributed by atoms with E-state index in [0.29, 0.717) is 47.5 Å². The lowest BCUT2D eigenvalue weighted by Gasteiger charge is -2.36. The lowest BCUT2D eigenvalue weighted by atomic mass is 10.2. The molecule has 0 atom stereocenters. The molecule has 14 heteroatoms. The first-order chi connectivity index (χ1) is 16.3. The van der Waals surface area contributed by atoms with Crippen LogP contribution in [0.15, 0.2) is 58.7 Å². The number of nitrogens with one attached hydrogen (secondary N) is 2. The average Bonchev–Trinajstić information content (AvgIpc) is 2.84. The highest BCUT2D eigenvalue weighted by atomic mass is 32.1. The third-order valence-electron chi connectivity index (χ3n) is 4.81. The van der Waals surface area contributed by atoms with Crippen molar-refractivity contribution in [2.75, 3.05) is 26.2 Å². The van der Waals surface area contributed by atoms with Gasteiger partial charge in [0.25, 0.3) is 11.4 Å². The zero-order valence-corrected chi connectivity index (χ0v) is 19.4. The molecule has 3 rings (SSSR count). The highest BCUT2D eigenvalue weighted by Crippen LogP contribution is 2.11. The van der Waals surface area contributed by atoms with Crippen LogP contribution in [0.5, 0.6) is 0 Å². The topological polar surface area (TPSA) is 142 Å². The van der Waals surface area contributed by atoms with Gasteiger partial charge in [0.1, 0.15) is 0 Å². The molecular formula is C20H20N8O4S2. The summed E-state index contributed by atoms with van der Waals surface area (Å²) in [5, 5.41) is 30.5. The van der Waals surface area contributed by atoms with Crippen LogP contribution in [0, 0.1) is 20.2 Å². The highest BCUT2D eigenvalue weighted by molar-refractivity contribution is 7.80. The number of hydrogen-bond donors (Lipinski definition) is 2. The molecule has 2 aromatic carbocycles. The van der Waals surface area contributed by atoms with Crippen LogP contribution >= 0.6 is 24.4 Å². The van der Waals surface area contributed by atoms with Gasteiger partial charge in [0, 0.05) is 50.4 Å². The lowest BCUT2D eigenvalue weighted by Crippen LogP contribution is -2.53. The van der Waals surface area contributed by atoms with Gasteiger partial charge in [0.2, 0.25) is 0 Å². The summed E-state index contributed by atoms with van der Waals surface area (Å²) < 4.78 is 0. The van der Waals surface area contributed by atoms with E-state index in [0.717, 1.165) is 0 Å². The van der Waals surface area contributed by atoms with E-state index in [2.05, 4.69) is 21.1 Å². The Kier molecular flexibility index (Phi) is 8.48. The van der Waals surface area contributed by atoms with E-state index in [1.807, 2.05) is 9.80 Å². The van der Waals surface area contributed by atoms with Crippen LogP contribution in [0.1, 0.15) is 11.1 Å². The SMILES string of the molecule is O=[N+]([O-])c1ccc(/C=N/NC(=S)N2CCN(C(=S)N/N=C/c3ccc([N+](=O)[O-])cc3)CC2)cc1. The molecule has 0 bridgehead atoms. The van der Waals surface area contributed by atoms with E-state index < -0.39 is 9.85 Å². The van der Waals surface area contributed by atoms with Crippen molar-refractivity contribution >= 4 is 58.5 Å². The Labute approximate surface area is 205 Å². The number of nitrogens with zero attached hydrogens (tertiary/aromatic N) is 6. The van der Waals surface area contributed by atoms with E-state index in [9.17, 15) is 20.2 Å². The second kappa shape index (κ2) is 11.7. The van der Waals surface area contributed by atoms with Crippen LogP contribution in [-0.4, -0.2) is 68.5 Å². The Morgan fingerprint density at radius 3 is 1.35 bits per heavy atom.